The minimum absolute atomic E-state index is 0.000116. The smallest absolute Gasteiger partial charge is 0.329 e. The van der Waals surface area contributed by atoms with E-state index >= 15 is 0 Å². The van der Waals surface area contributed by atoms with E-state index in [0.717, 1.165) is 11.8 Å². The summed E-state index contributed by atoms with van der Waals surface area (Å²) in [7, 11) is 0. The van der Waals surface area contributed by atoms with Gasteiger partial charge in [-0.3, -0.25) is 9.59 Å². The Morgan fingerprint density at radius 2 is 1.77 bits per heavy atom. The molecule has 2 aromatic rings. The average molecular weight is 434 g/mol. The van der Waals surface area contributed by atoms with Crippen molar-refractivity contribution < 1.29 is 34.6 Å². The summed E-state index contributed by atoms with van der Waals surface area (Å²) in [5, 5.41) is 19.8. The Morgan fingerprint density at radius 1 is 1.10 bits per heavy atom. The maximum atomic E-state index is 12.4. The van der Waals surface area contributed by atoms with Crippen LogP contribution in [0, 0.1) is 5.21 Å². The highest BCUT2D eigenvalue weighted by Gasteiger charge is 2.24. The molecular weight excluding hydrogens is 412 g/mol. The maximum absolute atomic E-state index is 12.4. The van der Waals surface area contributed by atoms with Gasteiger partial charge >= 0.3 is 5.97 Å². The molecule has 30 heavy (non-hydrogen) atoms. The number of rotatable bonds is 10. The van der Waals surface area contributed by atoms with Crippen molar-refractivity contribution in [1.29, 1.82) is 0 Å². The topological polar surface area (TPSA) is 129 Å². The van der Waals surface area contributed by atoms with E-state index in [4.69, 9.17) is 9.94 Å². The number of ether oxygens (including phenoxy) is 1. The van der Waals surface area contributed by atoms with Crippen LogP contribution < -0.4 is 10.7 Å². The van der Waals surface area contributed by atoms with Crippen LogP contribution in [0.15, 0.2) is 54.6 Å². The molecule has 10 heteroatoms. The molecule has 0 aliphatic heterocycles. The second-order valence-corrected chi connectivity index (χ2v) is 6.99. The Morgan fingerprint density at radius 3 is 2.37 bits per heavy atom. The number of amides is 1. The van der Waals surface area contributed by atoms with Crippen molar-refractivity contribution in [1.82, 2.24) is 5.32 Å². The van der Waals surface area contributed by atoms with E-state index in [-0.39, 0.29) is 24.1 Å². The summed E-state index contributed by atoms with van der Waals surface area (Å²) >= 11 is 0.873. The highest BCUT2D eigenvalue weighted by molar-refractivity contribution is 8.14. The van der Waals surface area contributed by atoms with E-state index in [9.17, 15) is 19.6 Å². The fourth-order valence-corrected chi connectivity index (χ4v) is 3.21. The van der Waals surface area contributed by atoms with Gasteiger partial charge in [0.25, 0.3) is 5.91 Å². The van der Waals surface area contributed by atoms with Gasteiger partial charge in [0, 0.05) is 16.9 Å². The van der Waals surface area contributed by atoms with Gasteiger partial charge in [-0.05, 0) is 24.6 Å². The lowest BCUT2D eigenvalue weighted by molar-refractivity contribution is -1.21. The Balaban J connectivity index is 1.97. The minimum Gasteiger partial charge on any atom is -0.566 e. The van der Waals surface area contributed by atoms with E-state index in [1.54, 1.807) is 49.4 Å². The Labute approximate surface area is 177 Å². The summed E-state index contributed by atoms with van der Waals surface area (Å²) in [6.07, 6.45) is 0. The summed E-state index contributed by atoms with van der Waals surface area (Å²) in [5.74, 6) is -1.06. The molecule has 160 valence electrons. The lowest BCUT2D eigenvalue weighted by atomic mass is 10.2. The molecule has 0 saturated heterocycles. The van der Waals surface area contributed by atoms with Crippen molar-refractivity contribution >= 4 is 28.8 Å². The fourth-order valence-electron chi connectivity index (χ4n) is 2.37. The van der Waals surface area contributed by atoms with Gasteiger partial charge in [-0.2, -0.15) is 10.0 Å². The maximum Gasteiger partial charge on any atom is 0.329 e. The number of carbonyl (C=O) groups excluding carboxylic acids is 3. The molecule has 2 rings (SSSR count). The van der Waals surface area contributed by atoms with E-state index < -0.39 is 23.3 Å². The monoisotopic (exact) mass is 434 g/mol. The molecule has 0 aliphatic carbocycles. The average Bonchev–Trinajstić information content (AvgIpc) is 2.75. The molecule has 0 aromatic heterocycles. The molecule has 1 amide bonds. The van der Waals surface area contributed by atoms with Gasteiger partial charge in [0.2, 0.25) is 5.12 Å². The van der Waals surface area contributed by atoms with Crippen LogP contribution in [0.2, 0.25) is 0 Å². The molecule has 0 spiro atoms. The van der Waals surface area contributed by atoms with Gasteiger partial charge in [0.1, 0.15) is 12.6 Å². The standard InChI is InChI=1S/C20H22N2O7S/c1-2-28-19(24)17(21-18(23)15-6-4-3-5-7-15)13-30-20(25)16-10-8-14(9-11-16)12-29-22(26)27/h3-11,17,22,26H,2,12-13H2,1H3,(H,21,23)/t17-/m0/s1. The fraction of sp³-hybridized carbons (Fsp3) is 0.250. The summed E-state index contributed by atoms with van der Waals surface area (Å²) in [4.78, 5) is 41.5. The number of hydrogen-bond donors (Lipinski definition) is 3. The molecule has 9 nitrogen and oxygen atoms in total. The molecule has 0 aliphatic rings. The highest BCUT2D eigenvalue weighted by atomic mass is 32.2. The first kappa shape index (κ1) is 23.5. The third-order valence-electron chi connectivity index (χ3n) is 3.85. The summed E-state index contributed by atoms with van der Waals surface area (Å²) in [5.41, 5.74) is 1.36. The number of quaternary nitrogens is 1. The van der Waals surface area contributed by atoms with Crippen LogP contribution in [0.5, 0.6) is 0 Å². The number of esters is 1. The van der Waals surface area contributed by atoms with E-state index in [1.807, 2.05) is 0 Å². The van der Waals surface area contributed by atoms with Crippen LogP contribution >= 0.6 is 11.8 Å². The predicted octanol–water partition coefficient (Wildman–Crippen LogP) is 1.13. The van der Waals surface area contributed by atoms with Crippen LogP contribution in [-0.2, 0) is 21.0 Å². The van der Waals surface area contributed by atoms with E-state index in [0.29, 0.717) is 16.7 Å². The second-order valence-electron chi connectivity index (χ2n) is 5.99. The Kier molecular flexibility index (Phi) is 9.45. The molecule has 3 N–H and O–H groups in total. The third-order valence-corrected chi connectivity index (χ3v) is 4.84. The van der Waals surface area contributed by atoms with Crippen molar-refractivity contribution in [2.24, 2.45) is 0 Å². The number of carbonyl (C=O) groups is 3. The Hall–Kier alpha value is -2.76. The normalized spacial score (nSPS) is 12.6. The molecule has 0 heterocycles. The first-order chi connectivity index (χ1) is 14.4. The van der Waals surface area contributed by atoms with Crippen molar-refractivity contribution in [3.8, 4) is 0 Å². The van der Waals surface area contributed by atoms with Crippen molar-refractivity contribution in [2.45, 2.75) is 19.6 Å². The molecule has 0 fully saturated rings. The van der Waals surface area contributed by atoms with Crippen molar-refractivity contribution in [2.75, 3.05) is 12.4 Å². The highest BCUT2D eigenvalue weighted by Crippen LogP contribution is 2.16. The zero-order valence-corrected chi connectivity index (χ0v) is 17.0. The quantitative estimate of drug-likeness (QED) is 0.375. The van der Waals surface area contributed by atoms with Crippen LogP contribution in [0.25, 0.3) is 0 Å². The van der Waals surface area contributed by atoms with Crippen LogP contribution in [0.3, 0.4) is 0 Å². The first-order valence-electron chi connectivity index (χ1n) is 9.05. The molecule has 0 bridgehead atoms. The van der Waals surface area contributed by atoms with Gasteiger partial charge in [-0.1, -0.05) is 59.6 Å². The van der Waals surface area contributed by atoms with Gasteiger partial charge < -0.3 is 15.3 Å². The number of hydrogen-bond acceptors (Lipinski definition) is 8. The SMILES string of the molecule is CCOC(=O)[C@H](CSC(=O)c1ccc(CO[NH+]([O-])O)cc1)NC(=O)c1ccccc1. The summed E-state index contributed by atoms with van der Waals surface area (Å²) in [6, 6.07) is 13.7. The zero-order chi connectivity index (χ0) is 21.9. The number of thioether (sulfide) groups is 1. The molecule has 0 saturated carbocycles. The van der Waals surface area contributed by atoms with Crippen LogP contribution in [0.4, 0.5) is 0 Å². The van der Waals surface area contributed by atoms with Crippen molar-refractivity contribution in [3.05, 3.63) is 76.5 Å². The molecular formula is C20H22N2O7S. The van der Waals surface area contributed by atoms with Crippen LogP contribution in [0.1, 0.15) is 33.2 Å². The third kappa shape index (κ3) is 7.58. The lowest BCUT2D eigenvalue weighted by Crippen LogP contribution is -3.03. The minimum atomic E-state index is -1.38. The first-order valence-corrected chi connectivity index (χ1v) is 10.0. The number of nitrogens with one attached hydrogen (secondary N) is 2. The number of benzene rings is 2. The lowest BCUT2D eigenvalue weighted by Gasteiger charge is -2.16. The predicted molar refractivity (Wildman–Crippen MR) is 108 cm³/mol. The van der Waals surface area contributed by atoms with Gasteiger partial charge in [-0.25, -0.2) is 4.79 Å². The molecule has 2 aromatic carbocycles. The van der Waals surface area contributed by atoms with Gasteiger partial charge in [0.05, 0.1) is 6.61 Å². The summed E-state index contributed by atoms with van der Waals surface area (Å²) < 4.78 is 5.00. The molecule has 0 radical (unpaired) electrons. The zero-order valence-electron chi connectivity index (χ0n) is 16.2. The second kappa shape index (κ2) is 12.1. The van der Waals surface area contributed by atoms with Gasteiger partial charge in [0.15, 0.2) is 0 Å². The van der Waals surface area contributed by atoms with E-state index in [2.05, 4.69) is 10.2 Å². The largest absolute Gasteiger partial charge is 0.566 e. The summed E-state index contributed by atoms with van der Waals surface area (Å²) in [6.45, 7) is 1.68. The molecule has 2 atom stereocenters. The van der Waals surface area contributed by atoms with Crippen LogP contribution in [-0.4, -0.2) is 40.6 Å². The van der Waals surface area contributed by atoms with E-state index in [1.165, 1.54) is 12.1 Å². The van der Waals surface area contributed by atoms with Gasteiger partial charge in [-0.15, -0.1) is 0 Å². The van der Waals surface area contributed by atoms with Crippen molar-refractivity contribution in [3.63, 3.8) is 0 Å². The Bertz CT molecular complexity index is 844. The molecule has 1 unspecified atom stereocenters.